The fraction of sp³-hybridized carbons (Fsp3) is 0.261. The van der Waals surface area contributed by atoms with Gasteiger partial charge in [0, 0.05) is 17.0 Å². The van der Waals surface area contributed by atoms with Gasteiger partial charge in [-0.05, 0) is 43.5 Å². The second kappa shape index (κ2) is 7.61. The van der Waals surface area contributed by atoms with E-state index in [4.69, 9.17) is 20.4 Å². The van der Waals surface area contributed by atoms with Crippen LogP contribution in [-0.4, -0.2) is 27.0 Å². The van der Waals surface area contributed by atoms with Crippen LogP contribution in [0.25, 0.3) is 22.4 Å². The van der Waals surface area contributed by atoms with E-state index in [1.54, 1.807) is 12.3 Å². The number of aromatic nitrogens is 2. The molecule has 0 spiro atoms. The van der Waals surface area contributed by atoms with E-state index >= 15 is 0 Å². The van der Waals surface area contributed by atoms with E-state index in [-0.39, 0.29) is 24.9 Å². The maximum atomic E-state index is 13.1. The van der Waals surface area contributed by atoms with Crippen molar-refractivity contribution in [3.8, 4) is 11.5 Å². The van der Waals surface area contributed by atoms with Gasteiger partial charge < -0.3 is 13.7 Å². The molecule has 1 amide bonds. The normalized spacial score (nSPS) is 13.7. The molecule has 1 saturated carbocycles. The molecule has 6 nitrogen and oxygen atoms in total. The lowest BCUT2D eigenvalue weighted by Gasteiger charge is -2.20. The van der Waals surface area contributed by atoms with Crippen LogP contribution in [0.15, 0.2) is 57.6 Å². The number of benzene rings is 2. The molecule has 1 fully saturated rings. The summed E-state index contributed by atoms with van der Waals surface area (Å²) in [5, 5.41) is 9.77. The van der Waals surface area contributed by atoms with Crippen molar-refractivity contribution < 1.29 is 13.6 Å². The molecule has 7 heteroatoms. The minimum absolute atomic E-state index is 0.0262. The number of carbonyl (C=O) groups is 1. The maximum Gasteiger partial charge on any atom is 0.249 e. The summed E-state index contributed by atoms with van der Waals surface area (Å²) in [6, 6.07) is 13.5. The van der Waals surface area contributed by atoms with Crippen LogP contribution in [0.3, 0.4) is 0 Å². The van der Waals surface area contributed by atoms with Gasteiger partial charge in [0.1, 0.15) is 5.58 Å². The predicted octanol–water partition coefficient (Wildman–Crippen LogP) is 5.18. The zero-order chi connectivity index (χ0) is 20.7. The van der Waals surface area contributed by atoms with Gasteiger partial charge in [0.2, 0.25) is 17.7 Å². The van der Waals surface area contributed by atoms with Gasteiger partial charge in [-0.3, -0.25) is 4.79 Å². The third-order valence-electron chi connectivity index (χ3n) is 5.34. The SMILES string of the molecule is Cc1ccc2c(CC(=O)N(Cc3nnc(-c4ccccc4Cl)o3)C3CC3)coc2c1. The third kappa shape index (κ3) is 3.71. The number of hydrogen-bond acceptors (Lipinski definition) is 5. The highest BCUT2D eigenvalue weighted by Gasteiger charge is 2.34. The van der Waals surface area contributed by atoms with Crippen LogP contribution in [-0.2, 0) is 17.8 Å². The van der Waals surface area contributed by atoms with Crippen molar-refractivity contribution in [2.45, 2.75) is 38.8 Å². The van der Waals surface area contributed by atoms with Crippen LogP contribution >= 0.6 is 11.6 Å². The highest BCUT2D eigenvalue weighted by molar-refractivity contribution is 6.33. The van der Waals surface area contributed by atoms with E-state index in [2.05, 4.69) is 10.2 Å². The van der Waals surface area contributed by atoms with Crippen LogP contribution in [0.1, 0.15) is 29.9 Å². The van der Waals surface area contributed by atoms with Gasteiger partial charge in [-0.1, -0.05) is 35.9 Å². The average Bonchev–Trinajstić information content (AvgIpc) is 3.35. The van der Waals surface area contributed by atoms with Crippen molar-refractivity contribution in [2.75, 3.05) is 0 Å². The topological polar surface area (TPSA) is 72.4 Å². The number of hydrogen-bond donors (Lipinski definition) is 0. The Labute approximate surface area is 178 Å². The zero-order valence-corrected chi connectivity index (χ0v) is 17.2. The fourth-order valence-corrected chi connectivity index (χ4v) is 3.82. The van der Waals surface area contributed by atoms with E-state index in [1.807, 2.05) is 48.2 Å². The highest BCUT2D eigenvalue weighted by Crippen LogP contribution is 2.31. The van der Waals surface area contributed by atoms with Crippen molar-refractivity contribution in [2.24, 2.45) is 0 Å². The molecule has 0 bridgehead atoms. The molecule has 5 rings (SSSR count). The summed E-state index contributed by atoms with van der Waals surface area (Å²) in [6.07, 6.45) is 3.93. The van der Waals surface area contributed by atoms with E-state index in [0.29, 0.717) is 22.4 Å². The average molecular weight is 422 g/mol. The predicted molar refractivity (Wildman–Crippen MR) is 113 cm³/mol. The molecule has 1 aliphatic carbocycles. The summed E-state index contributed by atoms with van der Waals surface area (Å²) < 4.78 is 11.5. The number of aryl methyl sites for hydroxylation is 1. The minimum Gasteiger partial charge on any atom is -0.464 e. The first-order valence-corrected chi connectivity index (χ1v) is 10.3. The van der Waals surface area contributed by atoms with Crippen LogP contribution in [0.4, 0.5) is 0 Å². The van der Waals surface area contributed by atoms with Gasteiger partial charge in [-0.25, -0.2) is 0 Å². The van der Waals surface area contributed by atoms with Crippen LogP contribution in [0.2, 0.25) is 5.02 Å². The minimum atomic E-state index is 0.0262. The number of halogens is 1. The van der Waals surface area contributed by atoms with Crippen LogP contribution < -0.4 is 0 Å². The van der Waals surface area contributed by atoms with Gasteiger partial charge in [0.05, 0.1) is 29.8 Å². The first kappa shape index (κ1) is 18.9. The van der Waals surface area contributed by atoms with Crippen molar-refractivity contribution in [3.63, 3.8) is 0 Å². The molecule has 0 radical (unpaired) electrons. The molecular formula is C23H20ClN3O3. The summed E-state index contributed by atoms with van der Waals surface area (Å²) >= 11 is 6.22. The molecule has 1 aliphatic rings. The number of amides is 1. The first-order chi connectivity index (χ1) is 14.6. The van der Waals surface area contributed by atoms with Crippen molar-refractivity contribution in [3.05, 3.63) is 70.8 Å². The van der Waals surface area contributed by atoms with Crippen LogP contribution in [0, 0.1) is 6.92 Å². The molecule has 2 aromatic carbocycles. The van der Waals surface area contributed by atoms with E-state index < -0.39 is 0 Å². The number of carbonyl (C=O) groups excluding carboxylic acids is 1. The second-order valence-electron chi connectivity index (χ2n) is 7.67. The summed E-state index contributed by atoms with van der Waals surface area (Å²) in [6.45, 7) is 2.30. The molecule has 152 valence electrons. The molecular weight excluding hydrogens is 402 g/mol. The molecule has 0 saturated heterocycles. The van der Waals surface area contributed by atoms with Crippen LogP contribution in [0.5, 0.6) is 0 Å². The van der Waals surface area contributed by atoms with Gasteiger partial charge in [-0.15, -0.1) is 10.2 Å². The Bertz CT molecular complexity index is 1230. The molecule has 4 aromatic rings. The number of fused-ring (bicyclic) bond motifs is 1. The van der Waals surface area contributed by atoms with Crippen molar-refractivity contribution in [1.82, 2.24) is 15.1 Å². The molecule has 0 N–H and O–H groups in total. The highest BCUT2D eigenvalue weighted by atomic mass is 35.5. The first-order valence-electron chi connectivity index (χ1n) is 9.92. The van der Waals surface area contributed by atoms with Gasteiger partial charge >= 0.3 is 0 Å². The molecule has 0 atom stereocenters. The Kier molecular flexibility index (Phi) is 4.79. The number of rotatable bonds is 6. The Hall–Kier alpha value is -3.12. The lowest BCUT2D eigenvalue weighted by molar-refractivity contribution is -0.132. The molecule has 30 heavy (non-hydrogen) atoms. The Morgan fingerprint density at radius 2 is 2.03 bits per heavy atom. The number of furan rings is 1. The summed E-state index contributed by atoms with van der Waals surface area (Å²) in [4.78, 5) is 14.9. The fourth-order valence-electron chi connectivity index (χ4n) is 3.61. The standard InChI is InChI=1S/C23H20ClN3O3/c1-14-6-9-17-15(13-29-20(17)10-14)11-22(28)27(16-7-8-16)12-21-25-26-23(30-21)18-4-2-3-5-19(18)24/h2-6,9-10,13,16H,7-8,11-12H2,1H3. The van der Waals surface area contributed by atoms with Crippen molar-refractivity contribution >= 4 is 28.5 Å². The maximum absolute atomic E-state index is 13.1. The molecule has 2 heterocycles. The second-order valence-corrected chi connectivity index (χ2v) is 8.08. The summed E-state index contributed by atoms with van der Waals surface area (Å²) in [5.41, 5.74) is 3.50. The lowest BCUT2D eigenvalue weighted by Crippen LogP contribution is -2.33. The van der Waals surface area contributed by atoms with E-state index in [9.17, 15) is 4.79 Å². The van der Waals surface area contributed by atoms with Gasteiger partial charge in [0.15, 0.2) is 0 Å². The molecule has 0 unspecified atom stereocenters. The lowest BCUT2D eigenvalue weighted by atomic mass is 10.1. The Morgan fingerprint density at radius 3 is 2.83 bits per heavy atom. The monoisotopic (exact) mass is 421 g/mol. The molecule has 0 aliphatic heterocycles. The summed E-state index contributed by atoms with van der Waals surface area (Å²) in [7, 11) is 0. The summed E-state index contributed by atoms with van der Waals surface area (Å²) in [5.74, 6) is 0.783. The van der Waals surface area contributed by atoms with E-state index in [0.717, 1.165) is 34.9 Å². The molecule has 2 aromatic heterocycles. The third-order valence-corrected chi connectivity index (χ3v) is 5.67. The largest absolute Gasteiger partial charge is 0.464 e. The Balaban J connectivity index is 1.35. The van der Waals surface area contributed by atoms with Crippen molar-refractivity contribution in [1.29, 1.82) is 0 Å². The smallest absolute Gasteiger partial charge is 0.249 e. The van der Waals surface area contributed by atoms with E-state index in [1.165, 1.54) is 0 Å². The quantitative estimate of drug-likeness (QED) is 0.429. The van der Waals surface area contributed by atoms with Gasteiger partial charge in [-0.2, -0.15) is 0 Å². The van der Waals surface area contributed by atoms with Gasteiger partial charge in [0.25, 0.3) is 0 Å². The Morgan fingerprint density at radius 1 is 1.20 bits per heavy atom. The zero-order valence-electron chi connectivity index (χ0n) is 16.5. The number of nitrogens with zero attached hydrogens (tertiary/aromatic N) is 3.